The van der Waals surface area contributed by atoms with Crippen molar-refractivity contribution in [3.05, 3.63) is 53.3 Å². The Hall–Kier alpha value is -2.10. The van der Waals surface area contributed by atoms with Gasteiger partial charge in [0.05, 0.1) is 0 Å². The molecule has 1 aromatic heterocycles. The van der Waals surface area contributed by atoms with Crippen molar-refractivity contribution in [2.45, 2.75) is 26.3 Å². The molecule has 0 bridgehead atoms. The first-order valence-corrected chi connectivity index (χ1v) is 6.42. The summed E-state index contributed by atoms with van der Waals surface area (Å²) < 4.78 is 0. The van der Waals surface area contributed by atoms with Gasteiger partial charge in [0.15, 0.2) is 0 Å². The molecule has 4 nitrogen and oxygen atoms in total. The molecule has 0 unspecified atom stereocenters. The van der Waals surface area contributed by atoms with Crippen LogP contribution < -0.4 is 0 Å². The minimum Gasteiger partial charge on any atom is -0.336 e. The Morgan fingerprint density at radius 3 is 2.58 bits per heavy atom. The minimum atomic E-state index is -0.0630. The van der Waals surface area contributed by atoms with Crippen molar-refractivity contribution in [1.29, 1.82) is 0 Å². The number of benzene rings is 1. The Morgan fingerprint density at radius 2 is 2.00 bits per heavy atom. The van der Waals surface area contributed by atoms with E-state index in [0.717, 1.165) is 11.3 Å². The standard InChI is InChI=1S/C15H19N3O/c1-11(2)13-9-14(17-16-13)15(19)18(3)10-12-7-5-4-6-8-12/h4-9,11H,10H2,1-3H3,(H,16,17). The highest BCUT2D eigenvalue weighted by atomic mass is 16.2. The molecule has 0 fully saturated rings. The molecule has 0 saturated heterocycles. The average Bonchev–Trinajstić information content (AvgIpc) is 2.88. The van der Waals surface area contributed by atoms with Crippen LogP contribution in [0.5, 0.6) is 0 Å². The molecule has 19 heavy (non-hydrogen) atoms. The van der Waals surface area contributed by atoms with Crippen LogP contribution in [0.4, 0.5) is 0 Å². The molecule has 0 radical (unpaired) electrons. The molecular formula is C15H19N3O. The molecule has 0 aliphatic rings. The number of nitrogens with one attached hydrogen (secondary N) is 1. The van der Waals surface area contributed by atoms with Crippen LogP contribution >= 0.6 is 0 Å². The van der Waals surface area contributed by atoms with Crippen molar-refractivity contribution < 1.29 is 4.79 Å². The van der Waals surface area contributed by atoms with E-state index >= 15 is 0 Å². The van der Waals surface area contributed by atoms with Crippen LogP contribution in [0.2, 0.25) is 0 Å². The van der Waals surface area contributed by atoms with Crippen LogP contribution in [-0.4, -0.2) is 28.1 Å². The van der Waals surface area contributed by atoms with Crippen LogP contribution in [0.3, 0.4) is 0 Å². The van der Waals surface area contributed by atoms with Crippen LogP contribution in [0, 0.1) is 0 Å². The molecule has 2 rings (SSSR count). The van der Waals surface area contributed by atoms with Crippen molar-refractivity contribution in [3.63, 3.8) is 0 Å². The van der Waals surface area contributed by atoms with Gasteiger partial charge in [0.1, 0.15) is 5.69 Å². The fraction of sp³-hybridized carbons (Fsp3) is 0.333. The molecule has 1 heterocycles. The van der Waals surface area contributed by atoms with Gasteiger partial charge in [-0.2, -0.15) is 5.10 Å². The normalized spacial score (nSPS) is 10.7. The molecule has 0 aliphatic carbocycles. The highest BCUT2D eigenvalue weighted by molar-refractivity contribution is 5.92. The second-order valence-corrected chi connectivity index (χ2v) is 5.01. The summed E-state index contributed by atoms with van der Waals surface area (Å²) in [4.78, 5) is 13.9. The van der Waals surface area contributed by atoms with E-state index in [9.17, 15) is 4.79 Å². The Balaban J connectivity index is 2.06. The third kappa shape index (κ3) is 3.22. The number of aromatic amines is 1. The Bertz CT molecular complexity index is 546. The molecule has 2 aromatic rings. The molecule has 0 saturated carbocycles. The maximum absolute atomic E-state index is 12.2. The van der Waals surface area contributed by atoms with E-state index in [1.54, 1.807) is 11.9 Å². The maximum Gasteiger partial charge on any atom is 0.274 e. The summed E-state index contributed by atoms with van der Waals surface area (Å²) in [6.45, 7) is 4.72. The van der Waals surface area contributed by atoms with Crippen molar-refractivity contribution in [1.82, 2.24) is 15.1 Å². The summed E-state index contributed by atoms with van der Waals surface area (Å²) in [6.07, 6.45) is 0. The molecule has 0 spiro atoms. The van der Waals surface area contributed by atoms with E-state index < -0.39 is 0 Å². The number of amides is 1. The van der Waals surface area contributed by atoms with Crippen molar-refractivity contribution in [3.8, 4) is 0 Å². The fourth-order valence-corrected chi connectivity index (χ4v) is 1.87. The van der Waals surface area contributed by atoms with Gasteiger partial charge in [0.2, 0.25) is 0 Å². The largest absolute Gasteiger partial charge is 0.336 e. The Kier molecular flexibility index (Phi) is 4.00. The fourth-order valence-electron chi connectivity index (χ4n) is 1.87. The maximum atomic E-state index is 12.2. The van der Waals surface area contributed by atoms with Gasteiger partial charge < -0.3 is 4.90 Å². The predicted octanol–water partition coefficient (Wildman–Crippen LogP) is 2.81. The Labute approximate surface area is 113 Å². The summed E-state index contributed by atoms with van der Waals surface area (Å²) in [5.41, 5.74) is 2.57. The number of aromatic nitrogens is 2. The van der Waals surface area contributed by atoms with Gasteiger partial charge in [0.25, 0.3) is 5.91 Å². The first-order valence-electron chi connectivity index (χ1n) is 6.42. The predicted molar refractivity (Wildman–Crippen MR) is 74.9 cm³/mol. The number of hydrogen-bond acceptors (Lipinski definition) is 2. The lowest BCUT2D eigenvalue weighted by molar-refractivity contribution is 0.0779. The van der Waals surface area contributed by atoms with E-state index in [1.807, 2.05) is 36.4 Å². The van der Waals surface area contributed by atoms with E-state index in [-0.39, 0.29) is 5.91 Å². The highest BCUT2D eigenvalue weighted by Crippen LogP contribution is 2.13. The molecule has 100 valence electrons. The minimum absolute atomic E-state index is 0.0630. The number of rotatable bonds is 4. The van der Waals surface area contributed by atoms with Gasteiger partial charge in [-0.1, -0.05) is 44.2 Å². The third-order valence-electron chi connectivity index (χ3n) is 3.05. The summed E-state index contributed by atoms with van der Waals surface area (Å²) in [7, 11) is 1.79. The monoisotopic (exact) mass is 257 g/mol. The average molecular weight is 257 g/mol. The summed E-state index contributed by atoms with van der Waals surface area (Å²) in [6, 6.07) is 11.8. The molecule has 1 aromatic carbocycles. The van der Waals surface area contributed by atoms with Crippen LogP contribution in [0.1, 0.15) is 41.5 Å². The van der Waals surface area contributed by atoms with Gasteiger partial charge >= 0.3 is 0 Å². The molecular weight excluding hydrogens is 238 g/mol. The summed E-state index contributed by atoms with van der Waals surface area (Å²) >= 11 is 0. The molecule has 0 aliphatic heterocycles. The van der Waals surface area contributed by atoms with Crippen LogP contribution in [0.25, 0.3) is 0 Å². The lowest BCUT2D eigenvalue weighted by Crippen LogP contribution is -2.26. The smallest absolute Gasteiger partial charge is 0.274 e. The first-order chi connectivity index (χ1) is 9.08. The van der Waals surface area contributed by atoms with Gasteiger partial charge in [0, 0.05) is 19.3 Å². The van der Waals surface area contributed by atoms with E-state index in [2.05, 4.69) is 24.0 Å². The number of hydrogen-bond donors (Lipinski definition) is 1. The second kappa shape index (κ2) is 5.69. The van der Waals surface area contributed by atoms with Gasteiger partial charge in [-0.25, -0.2) is 0 Å². The van der Waals surface area contributed by atoms with Crippen LogP contribution in [-0.2, 0) is 6.54 Å². The van der Waals surface area contributed by atoms with E-state index in [1.165, 1.54) is 0 Å². The molecule has 1 amide bonds. The van der Waals surface area contributed by atoms with Gasteiger partial charge in [-0.3, -0.25) is 9.89 Å². The molecule has 1 N–H and O–H groups in total. The summed E-state index contributed by atoms with van der Waals surface area (Å²) in [5, 5.41) is 6.99. The zero-order chi connectivity index (χ0) is 13.8. The van der Waals surface area contributed by atoms with Crippen molar-refractivity contribution >= 4 is 5.91 Å². The number of carbonyl (C=O) groups is 1. The lowest BCUT2D eigenvalue weighted by Gasteiger charge is -2.15. The second-order valence-electron chi connectivity index (χ2n) is 5.01. The van der Waals surface area contributed by atoms with Crippen LogP contribution in [0.15, 0.2) is 36.4 Å². The summed E-state index contributed by atoms with van der Waals surface area (Å²) in [5.74, 6) is 0.278. The Morgan fingerprint density at radius 1 is 1.32 bits per heavy atom. The van der Waals surface area contributed by atoms with E-state index in [4.69, 9.17) is 0 Å². The molecule has 4 heteroatoms. The first kappa shape index (κ1) is 13.3. The number of H-pyrrole nitrogens is 1. The van der Waals surface area contributed by atoms with Gasteiger partial charge in [-0.05, 0) is 17.5 Å². The topological polar surface area (TPSA) is 49.0 Å². The quantitative estimate of drug-likeness (QED) is 0.915. The van der Waals surface area contributed by atoms with Gasteiger partial charge in [-0.15, -0.1) is 0 Å². The highest BCUT2D eigenvalue weighted by Gasteiger charge is 2.16. The zero-order valence-electron chi connectivity index (χ0n) is 11.6. The van der Waals surface area contributed by atoms with Crippen molar-refractivity contribution in [2.75, 3.05) is 7.05 Å². The van der Waals surface area contributed by atoms with E-state index in [0.29, 0.717) is 18.2 Å². The SMILES string of the molecule is CC(C)c1cc(C(=O)N(C)Cc2ccccc2)n[nH]1. The third-order valence-corrected chi connectivity index (χ3v) is 3.05. The van der Waals surface area contributed by atoms with Crippen molar-refractivity contribution in [2.24, 2.45) is 0 Å². The molecule has 0 atom stereocenters. The number of nitrogens with zero attached hydrogens (tertiary/aromatic N) is 2. The lowest BCUT2D eigenvalue weighted by atomic mass is 10.1. The zero-order valence-corrected chi connectivity index (χ0v) is 11.6. The number of carbonyl (C=O) groups excluding carboxylic acids is 1.